The summed E-state index contributed by atoms with van der Waals surface area (Å²) in [7, 11) is 5.09. The van der Waals surface area contributed by atoms with Crippen molar-refractivity contribution in [1.29, 1.82) is 5.26 Å². The Balaban J connectivity index is 2.05. The Hall–Kier alpha value is -3.04. The van der Waals surface area contributed by atoms with E-state index in [1.54, 1.807) is 19.1 Å². The van der Waals surface area contributed by atoms with Gasteiger partial charge in [-0.1, -0.05) is 24.3 Å². The van der Waals surface area contributed by atoms with Gasteiger partial charge in [-0.05, 0) is 36.9 Å². The highest BCUT2D eigenvalue weighted by Crippen LogP contribution is 2.28. The van der Waals surface area contributed by atoms with Gasteiger partial charge in [-0.3, -0.25) is 9.69 Å². The van der Waals surface area contributed by atoms with Crippen LogP contribution in [-0.2, 0) is 11.3 Å². The van der Waals surface area contributed by atoms with Crippen LogP contribution in [0.15, 0.2) is 48.5 Å². The van der Waals surface area contributed by atoms with Gasteiger partial charge in [-0.25, -0.2) is 0 Å². The summed E-state index contributed by atoms with van der Waals surface area (Å²) in [6.45, 7) is 1.21. The number of amides is 1. The first-order chi connectivity index (χ1) is 13.1. The number of carbonyl (C=O) groups excluding carboxylic acids is 1. The van der Waals surface area contributed by atoms with Crippen LogP contribution in [0.3, 0.4) is 0 Å². The van der Waals surface area contributed by atoms with E-state index in [0.29, 0.717) is 31.0 Å². The molecular formula is C21H25N3O3. The Kier molecular flexibility index (Phi) is 7.65. The summed E-state index contributed by atoms with van der Waals surface area (Å²) < 4.78 is 10.6. The van der Waals surface area contributed by atoms with Crippen molar-refractivity contribution in [2.75, 3.05) is 39.3 Å². The van der Waals surface area contributed by atoms with Gasteiger partial charge in [0.25, 0.3) is 0 Å². The van der Waals surface area contributed by atoms with Crippen LogP contribution in [0.4, 0.5) is 5.69 Å². The van der Waals surface area contributed by atoms with Gasteiger partial charge in [0, 0.05) is 18.8 Å². The van der Waals surface area contributed by atoms with E-state index in [9.17, 15) is 4.79 Å². The predicted molar refractivity (Wildman–Crippen MR) is 105 cm³/mol. The van der Waals surface area contributed by atoms with Crippen molar-refractivity contribution >= 4 is 11.6 Å². The van der Waals surface area contributed by atoms with Gasteiger partial charge in [0.15, 0.2) is 11.5 Å². The molecule has 142 valence electrons. The number of ether oxygens (including phenoxy) is 2. The molecule has 0 aliphatic rings. The molecule has 0 heterocycles. The number of methoxy groups -OCH3 is 2. The number of carbonyl (C=O) groups is 1. The molecule has 0 fully saturated rings. The van der Waals surface area contributed by atoms with Crippen LogP contribution in [0.2, 0.25) is 0 Å². The number of anilines is 1. The van der Waals surface area contributed by atoms with E-state index in [-0.39, 0.29) is 12.5 Å². The molecule has 0 atom stereocenters. The molecule has 0 aliphatic carbocycles. The molecule has 6 nitrogen and oxygen atoms in total. The van der Waals surface area contributed by atoms with Gasteiger partial charge in [0.05, 0.1) is 33.3 Å². The minimum atomic E-state index is -0.0422. The summed E-state index contributed by atoms with van der Waals surface area (Å²) in [5.74, 6) is 1.29. The Morgan fingerprint density at radius 1 is 1.07 bits per heavy atom. The lowest BCUT2D eigenvalue weighted by Crippen LogP contribution is -2.39. The normalized spacial score (nSPS) is 10.3. The monoisotopic (exact) mass is 367 g/mol. The number of rotatable bonds is 9. The van der Waals surface area contributed by atoms with Crippen molar-refractivity contribution in [1.82, 2.24) is 4.90 Å². The van der Waals surface area contributed by atoms with Crippen LogP contribution >= 0.6 is 0 Å². The first-order valence-electron chi connectivity index (χ1n) is 8.70. The zero-order valence-corrected chi connectivity index (χ0v) is 16.0. The zero-order valence-electron chi connectivity index (χ0n) is 16.0. The van der Waals surface area contributed by atoms with Crippen molar-refractivity contribution in [3.63, 3.8) is 0 Å². The van der Waals surface area contributed by atoms with E-state index in [1.165, 1.54) is 0 Å². The van der Waals surface area contributed by atoms with Gasteiger partial charge in [0.1, 0.15) is 0 Å². The Morgan fingerprint density at radius 2 is 1.78 bits per heavy atom. The Labute approximate surface area is 160 Å². The summed E-state index contributed by atoms with van der Waals surface area (Å²) in [5.41, 5.74) is 1.82. The molecule has 27 heavy (non-hydrogen) atoms. The largest absolute Gasteiger partial charge is 0.493 e. The number of nitriles is 1. The third kappa shape index (κ3) is 5.73. The number of benzene rings is 2. The van der Waals surface area contributed by atoms with E-state index >= 15 is 0 Å². The number of likely N-dealkylation sites (N-methyl/N-ethyl adjacent to an activating group) is 1. The molecule has 0 spiro atoms. The van der Waals surface area contributed by atoms with Gasteiger partial charge in [-0.2, -0.15) is 5.26 Å². The molecule has 0 saturated heterocycles. The lowest BCUT2D eigenvalue weighted by molar-refractivity contribution is -0.119. The summed E-state index contributed by atoms with van der Waals surface area (Å²) >= 11 is 0. The Morgan fingerprint density at radius 3 is 2.41 bits per heavy atom. The van der Waals surface area contributed by atoms with Gasteiger partial charge in [-0.15, -0.1) is 0 Å². The van der Waals surface area contributed by atoms with Crippen LogP contribution in [-0.4, -0.2) is 45.2 Å². The molecule has 1 amide bonds. The van der Waals surface area contributed by atoms with Crippen LogP contribution in [0, 0.1) is 11.3 Å². The van der Waals surface area contributed by atoms with Crippen LogP contribution in [0.25, 0.3) is 0 Å². The summed E-state index contributed by atoms with van der Waals surface area (Å²) in [6.07, 6.45) is 0.292. The van der Waals surface area contributed by atoms with Gasteiger partial charge >= 0.3 is 0 Å². The highest BCUT2D eigenvalue weighted by molar-refractivity contribution is 5.94. The molecule has 0 unspecified atom stereocenters. The molecule has 6 heteroatoms. The predicted octanol–water partition coefficient (Wildman–Crippen LogP) is 3.08. The smallest absolute Gasteiger partial charge is 0.241 e. The van der Waals surface area contributed by atoms with E-state index in [2.05, 4.69) is 6.07 Å². The second-order valence-electron chi connectivity index (χ2n) is 6.15. The molecular weight excluding hydrogens is 342 g/mol. The molecule has 2 aromatic rings. The number of nitrogens with zero attached hydrogens (tertiary/aromatic N) is 3. The fourth-order valence-corrected chi connectivity index (χ4v) is 2.83. The van der Waals surface area contributed by atoms with Crippen molar-refractivity contribution < 1.29 is 14.3 Å². The Bertz CT molecular complexity index is 787. The van der Waals surface area contributed by atoms with Crippen LogP contribution in [0.5, 0.6) is 11.5 Å². The van der Waals surface area contributed by atoms with Crippen LogP contribution < -0.4 is 14.4 Å². The molecule has 2 aromatic carbocycles. The highest BCUT2D eigenvalue weighted by Gasteiger charge is 2.17. The SMILES string of the molecule is COc1ccc(CN(C)CC(=O)N(CCC#N)c2ccccc2)cc1OC. The average molecular weight is 367 g/mol. The van der Waals surface area contributed by atoms with E-state index < -0.39 is 0 Å². The fraction of sp³-hybridized carbons (Fsp3) is 0.333. The number of hydrogen-bond acceptors (Lipinski definition) is 5. The molecule has 0 bridgehead atoms. The second kappa shape index (κ2) is 10.2. The lowest BCUT2D eigenvalue weighted by atomic mass is 10.2. The maximum atomic E-state index is 12.8. The van der Waals surface area contributed by atoms with Crippen molar-refractivity contribution in [3.8, 4) is 17.6 Å². The molecule has 0 aliphatic heterocycles. The number of para-hydroxylation sites is 1. The third-order valence-electron chi connectivity index (χ3n) is 4.12. The first kappa shape index (κ1) is 20.3. The zero-order chi connectivity index (χ0) is 19.6. The lowest BCUT2D eigenvalue weighted by Gasteiger charge is -2.25. The molecule has 0 saturated carbocycles. The summed E-state index contributed by atoms with van der Waals surface area (Å²) in [4.78, 5) is 16.4. The molecule has 0 radical (unpaired) electrons. The van der Waals surface area contributed by atoms with E-state index in [0.717, 1.165) is 11.3 Å². The van der Waals surface area contributed by atoms with Crippen molar-refractivity contribution in [3.05, 3.63) is 54.1 Å². The molecule has 0 aromatic heterocycles. The van der Waals surface area contributed by atoms with Gasteiger partial charge < -0.3 is 14.4 Å². The van der Waals surface area contributed by atoms with Gasteiger partial charge in [0.2, 0.25) is 5.91 Å². The molecule has 2 rings (SSSR count). The second-order valence-corrected chi connectivity index (χ2v) is 6.15. The average Bonchev–Trinajstić information content (AvgIpc) is 2.68. The summed E-state index contributed by atoms with van der Waals surface area (Å²) in [5, 5.41) is 8.89. The first-order valence-corrected chi connectivity index (χ1v) is 8.70. The molecule has 0 N–H and O–H groups in total. The minimum Gasteiger partial charge on any atom is -0.493 e. The van der Waals surface area contributed by atoms with Crippen molar-refractivity contribution in [2.45, 2.75) is 13.0 Å². The standard InChI is InChI=1S/C21H25N3O3/c1-23(15-17-10-11-19(26-2)20(14-17)27-3)16-21(25)24(13-7-12-22)18-8-5-4-6-9-18/h4-6,8-11,14H,7,13,15-16H2,1-3H3. The quantitative estimate of drug-likeness (QED) is 0.681. The van der Waals surface area contributed by atoms with E-state index in [4.69, 9.17) is 14.7 Å². The maximum Gasteiger partial charge on any atom is 0.241 e. The minimum absolute atomic E-state index is 0.0422. The van der Waals surface area contributed by atoms with Crippen LogP contribution in [0.1, 0.15) is 12.0 Å². The highest BCUT2D eigenvalue weighted by atomic mass is 16.5. The van der Waals surface area contributed by atoms with E-state index in [1.807, 2.05) is 60.5 Å². The third-order valence-corrected chi connectivity index (χ3v) is 4.12. The topological polar surface area (TPSA) is 65.8 Å². The summed E-state index contributed by atoms with van der Waals surface area (Å²) in [6, 6.07) is 17.2. The van der Waals surface area contributed by atoms with Crippen molar-refractivity contribution in [2.24, 2.45) is 0 Å². The number of hydrogen-bond donors (Lipinski definition) is 0. The maximum absolute atomic E-state index is 12.8. The fourth-order valence-electron chi connectivity index (χ4n) is 2.83.